The van der Waals surface area contributed by atoms with Gasteiger partial charge < -0.3 is 0 Å². The fourth-order valence-corrected chi connectivity index (χ4v) is 1.24. The molecule has 0 unspecified atom stereocenters. The average molecular weight is 258 g/mol. The maximum absolute atomic E-state index is 10.5. The van der Waals surface area contributed by atoms with Crippen molar-refractivity contribution < 1.29 is 4.92 Å². The van der Waals surface area contributed by atoms with E-state index in [9.17, 15) is 10.1 Å². The Bertz CT molecular complexity index is 413. The van der Waals surface area contributed by atoms with Gasteiger partial charge in [0.1, 0.15) is 12.0 Å². The maximum Gasteiger partial charge on any atom is 0.291 e. The minimum absolute atomic E-state index is 0.0931. The Hall–Kier alpha value is -1.66. The summed E-state index contributed by atoms with van der Waals surface area (Å²) in [4.78, 5) is 16.1. The monoisotopic (exact) mass is 257 g/mol. The molecule has 0 spiro atoms. The first-order chi connectivity index (χ1) is 6.57. The van der Waals surface area contributed by atoms with Crippen LogP contribution in [0.2, 0.25) is 0 Å². The zero-order valence-electron chi connectivity index (χ0n) is 7.01. The summed E-state index contributed by atoms with van der Waals surface area (Å²) in [6.07, 6.45) is 1.06. The zero-order chi connectivity index (χ0) is 10.7. The Balaban J connectivity index is 3.40. The van der Waals surface area contributed by atoms with Crippen LogP contribution in [0.15, 0.2) is 15.8 Å². The third-order valence-electron chi connectivity index (χ3n) is 1.56. The Labute approximate surface area is 86.7 Å². The highest BCUT2D eigenvalue weighted by Gasteiger charge is 2.15. The fourth-order valence-electron chi connectivity index (χ4n) is 0.852. The first-order valence-electron chi connectivity index (χ1n) is 3.42. The topological polar surface area (TPSA) is 105 Å². The predicted octanol–water partition coefficient (Wildman–Crippen LogP) is 3.00. The van der Waals surface area contributed by atoms with E-state index >= 15 is 0 Å². The van der Waals surface area contributed by atoms with E-state index in [1.54, 1.807) is 6.92 Å². The van der Waals surface area contributed by atoms with Gasteiger partial charge >= 0.3 is 0 Å². The first-order valence-corrected chi connectivity index (χ1v) is 4.21. The highest BCUT2D eigenvalue weighted by Crippen LogP contribution is 2.31. The van der Waals surface area contributed by atoms with Crippen molar-refractivity contribution in [3.8, 4) is 0 Å². The Morgan fingerprint density at radius 2 is 2.43 bits per heavy atom. The Kier molecular flexibility index (Phi) is 3.00. The summed E-state index contributed by atoms with van der Waals surface area (Å²) in [5.41, 5.74) is 8.44. The van der Waals surface area contributed by atoms with Gasteiger partial charge in [0.05, 0.1) is 9.40 Å². The molecule has 1 aromatic heterocycles. The lowest BCUT2D eigenvalue weighted by molar-refractivity contribution is -0.385. The molecular formula is C6H4BrN5O2. The molecule has 7 nitrogen and oxygen atoms in total. The summed E-state index contributed by atoms with van der Waals surface area (Å²) in [5.74, 6) is 0.0931. The van der Waals surface area contributed by atoms with E-state index in [1.807, 2.05) is 0 Å². The molecule has 1 aromatic rings. The van der Waals surface area contributed by atoms with Crippen molar-refractivity contribution in [2.75, 3.05) is 0 Å². The second kappa shape index (κ2) is 4.03. The van der Waals surface area contributed by atoms with Gasteiger partial charge in [-0.15, -0.1) is 0 Å². The average Bonchev–Trinajstić information content (AvgIpc) is 2.13. The number of rotatable bonds is 2. The second-order valence-corrected chi connectivity index (χ2v) is 3.15. The molecule has 72 valence electrons. The molecule has 0 atom stereocenters. The molecule has 1 rings (SSSR count). The van der Waals surface area contributed by atoms with Gasteiger partial charge in [-0.1, -0.05) is 0 Å². The third kappa shape index (κ3) is 1.81. The predicted molar refractivity (Wildman–Crippen MR) is 52.1 cm³/mol. The molecule has 8 heteroatoms. The highest BCUT2D eigenvalue weighted by atomic mass is 79.9. The highest BCUT2D eigenvalue weighted by molar-refractivity contribution is 9.10. The Morgan fingerprint density at radius 1 is 1.79 bits per heavy atom. The molecule has 0 saturated carbocycles. The van der Waals surface area contributed by atoms with Crippen molar-refractivity contribution in [2.45, 2.75) is 6.92 Å². The van der Waals surface area contributed by atoms with Crippen molar-refractivity contribution >= 4 is 27.4 Å². The lowest BCUT2D eigenvalue weighted by atomic mass is 10.2. The molecule has 0 aliphatic heterocycles. The van der Waals surface area contributed by atoms with E-state index in [0.717, 1.165) is 6.20 Å². The molecule has 0 fully saturated rings. The molecule has 0 saturated heterocycles. The number of halogens is 1. The van der Waals surface area contributed by atoms with E-state index in [0.29, 0.717) is 10.0 Å². The van der Waals surface area contributed by atoms with Crippen molar-refractivity contribution in [3.05, 3.63) is 36.8 Å². The van der Waals surface area contributed by atoms with Gasteiger partial charge in [0.2, 0.25) is 0 Å². The van der Waals surface area contributed by atoms with Gasteiger partial charge in [-0.2, -0.15) is 0 Å². The van der Waals surface area contributed by atoms with E-state index in [-0.39, 0.29) is 11.5 Å². The largest absolute Gasteiger partial charge is 0.291 e. The fraction of sp³-hybridized carbons (Fsp3) is 0.167. The van der Waals surface area contributed by atoms with Crippen LogP contribution in [0, 0.1) is 17.0 Å². The van der Waals surface area contributed by atoms with Crippen LogP contribution in [0.3, 0.4) is 0 Å². The summed E-state index contributed by atoms with van der Waals surface area (Å²) in [6.45, 7) is 1.54. The van der Waals surface area contributed by atoms with Crippen LogP contribution in [0.5, 0.6) is 0 Å². The molecule has 0 radical (unpaired) electrons. The summed E-state index contributed by atoms with van der Waals surface area (Å²) in [5, 5.41) is 13.8. The van der Waals surface area contributed by atoms with Crippen LogP contribution in [0.25, 0.3) is 10.4 Å². The van der Waals surface area contributed by atoms with Crippen molar-refractivity contribution in [3.63, 3.8) is 0 Å². The summed E-state index contributed by atoms with van der Waals surface area (Å²) < 4.78 is 0.338. The summed E-state index contributed by atoms with van der Waals surface area (Å²) in [6, 6.07) is 0. The first kappa shape index (κ1) is 10.4. The van der Waals surface area contributed by atoms with Crippen LogP contribution in [-0.4, -0.2) is 9.91 Å². The van der Waals surface area contributed by atoms with E-state index in [1.165, 1.54) is 0 Å². The second-order valence-electron chi connectivity index (χ2n) is 2.35. The number of nitrogens with zero attached hydrogens (tertiary/aromatic N) is 5. The van der Waals surface area contributed by atoms with Crippen molar-refractivity contribution in [1.82, 2.24) is 4.98 Å². The van der Waals surface area contributed by atoms with Gasteiger partial charge in [0, 0.05) is 10.5 Å². The van der Waals surface area contributed by atoms with Crippen LogP contribution in [0.4, 0.5) is 11.5 Å². The van der Waals surface area contributed by atoms with Crippen molar-refractivity contribution in [2.24, 2.45) is 5.11 Å². The molecule has 0 N–H and O–H groups in total. The molecule has 0 aliphatic rings. The Morgan fingerprint density at radius 3 is 2.93 bits per heavy atom. The number of azide groups is 1. The number of hydrogen-bond acceptors (Lipinski definition) is 4. The lowest BCUT2D eigenvalue weighted by Crippen LogP contribution is -1.93. The maximum atomic E-state index is 10.5. The van der Waals surface area contributed by atoms with Crippen LogP contribution in [-0.2, 0) is 0 Å². The van der Waals surface area contributed by atoms with E-state index < -0.39 is 4.92 Å². The van der Waals surface area contributed by atoms with E-state index in [2.05, 4.69) is 30.9 Å². The van der Waals surface area contributed by atoms with Gasteiger partial charge in [-0.25, -0.2) is 4.98 Å². The van der Waals surface area contributed by atoms with Gasteiger partial charge in [-0.05, 0) is 33.5 Å². The third-order valence-corrected chi connectivity index (χ3v) is 2.50. The molecule has 0 amide bonds. The number of pyridine rings is 1. The molecule has 0 bridgehead atoms. The molecule has 0 aromatic carbocycles. The standard InChI is InChI=1S/C6H4BrN5O2/c1-3-4(12(13)14)2-9-6(5(3)7)10-11-8/h2H,1H3. The molecule has 1 heterocycles. The summed E-state index contributed by atoms with van der Waals surface area (Å²) in [7, 11) is 0. The van der Waals surface area contributed by atoms with Gasteiger partial charge in [0.15, 0.2) is 0 Å². The van der Waals surface area contributed by atoms with E-state index in [4.69, 9.17) is 5.53 Å². The molecule has 14 heavy (non-hydrogen) atoms. The van der Waals surface area contributed by atoms with Crippen LogP contribution < -0.4 is 0 Å². The van der Waals surface area contributed by atoms with Gasteiger partial charge in [0.25, 0.3) is 5.69 Å². The molecule has 0 aliphatic carbocycles. The minimum Gasteiger partial charge on any atom is -0.258 e. The normalized spacial score (nSPS) is 9.29. The SMILES string of the molecule is Cc1c([N+](=O)[O-])cnc(N=[N+]=[N-])c1Br. The zero-order valence-corrected chi connectivity index (χ0v) is 8.59. The van der Waals surface area contributed by atoms with Crippen molar-refractivity contribution in [1.29, 1.82) is 0 Å². The van der Waals surface area contributed by atoms with Crippen LogP contribution >= 0.6 is 15.9 Å². The molecular weight excluding hydrogens is 254 g/mol. The number of nitro groups is 1. The minimum atomic E-state index is -0.549. The van der Waals surface area contributed by atoms with Crippen LogP contribution in [0.1, 0.15) is 5.56 Å². The van der Waals surface area contributed by atoms with Gasteiger partial charge in [-0.3, -0.25) is 10.1 Å². The smallest absolute Gasteiger partial charge is 0.258 e. The number of hydrogen-bond donors (Lipinski definition) is 0. The lowest BCUT2D eigenvalue weighted by Gasteiger charge is -2.00. The summed E-state index contributed by atoms with van der Waals surface area (Å²) >= 11 is 3.07. The quantitative estimate of drug-likeness (QED) is 0.267. The number of aromatic nitrogens is 1.